The Hall–Kier alpha value is -2.96. The fraction of sp³-hybridized carbons (Fsp3) is 0.400. The third kappa shape index (κ3) is 3.63. The summed E-state index contributed by atoms with van der Waals surface area (Å²) in [4.78, 5) is 14.5. The lowest BCUT2D eigenvalue weighted by atomic mass is 10.1. The van der Waals surface area contributed by atoms with Gasteiger partial charge in [-0.1, -0.05) is 40.7 Å². The highest BCUT2D eigenvalue weighted by atomic mass is 16.5. The van der Waals surface area contributed by atoms with E-state index in [1.165, 1.54) is 0 Å². The number of nitrogens with zero attached hydrogens (tertiary/aromatic N) is 5. The van der Waals surface area contributed by atoms with Crippen LogP contribution in [0, 0.1) is 13.8 Å². The van der Waals surface area contributed by atoms with Gasteiger partial charge in [-0.15, -0.1) is 5.10 Å². The molecule has 1 fully saturated rings. The zero-order valence-electron chi connectivity index (χ0n) is 15.6. The number of hydrogen-bond acceptors (Lipinski definition) is 5. The fourth-order valence-corrected chi connectivity index (χ4v) is 3.63. The largest absolute Gasteiger partial charge is 0.361 e. The van der Waals surface area contributed by atoms with E-state index in [1.54, 1.807) is 0 Å². The van der Waals surface area contributed by atoms with Crippen molar-refractivity contribution >= 4 is 5.91 Å². The topological polar surface area (TPSA) is 77.0 Å². The number of aryl methyl sites for hydroxylation is 2. The van der Waals surface area contributed by atoms with E-state index in [2.05, 4.69) is 15.5 Å². The molecule has 3 heterocycles. The Morgan fingerprint density at radius 1 is 1.26 bits per heavy atom. The van der Waals surface area contributed by atoms with Crippen LogP contribution in [0.4, 0.5) is 0 Å². The predicted molar refractivity (Wildman–Crippen MR) is 100.0 cm³/mol. The second-order valence-corrected chi connectivity index (χ2v) is 7.03. The summed E-state index contributed by atoms with van der Waals surface area (Å²) in [6.45, 7) is 5.24. The molecule has 3 aromatic rings. The first-order valence-electron chi connectivity index (χ1n) is 9.28. The van der Waals surface area contributed by atoms with E-state index in [9.17, 15) is 4.79 Å². The summed E-state index contributed by atoms with van der Waals surface area (Å²) in [5, 5.41) is 12.5. The molecule has 27 heavy (non-hydrogen) atoms. The van der Waals surface area contributed by atoms with Crippen molar-refractivity contribution in [3.8, 4) is 11.3 Å². The Labute approximate surface area is 158 Å². The highest BCUT2D eigenvalue weighted by Gasteiger charge is 2.28. The second kappa shape index (κ2) is 7.34. The summed E-state index contributed by atoms with van der Waals surface area (Å²) in [6.07, 6.45) is 4.01. The van der Waals surface area contributed by atoms with Crippen LogP contribution >= 0.6 is 0 Å². The number of carbonyl (C=O) groups excluding carboxylic acids is 1. The Balaban J connectivity index is 1.36. The molecule has 1 amide bonds. The van der Waals surface area contributed by atoms with Crippen LogP contribution in [-0.2, 0) is 11.2 Å². The summed E-state index contributed by atoms with van der Waals surface area (Å²) in [5.74, 6) is 0.969. The molecule has 4 rings (SSSR count). The molecule has 0 radical (unpaired) electrons. The van der Waals surface area contributed by atoms with Crippen LogP contribution in [0.25, 0.3) is 11.3 Å². The van der Waals surface area contributed by atoms with Crippen LogP contribution in [0.2, 0.25) is 0 Å². The Morgan fingerprint density at radius 3 is 2.81 bits per heavy atom. The SMILES string of the molecule is Cc1noc(C)c1CCC(=O)N1CCC(n2cc(-c3ccccc3)nn2)C1. The van der Waals surface area contributed by atoms with Crippen molar-refractivity contribution in [3.05, 3.63) is 53.5 Å². The lowest BCUT2D eigenvalue weighted by Crippen LogP contribution is -2.29. The number of likely N-dealkylation sites (tertiary alicyclic amines) is 1. The van der Waals surface area contributed by atoms with E-state index in [0.717, 1.165) is 41.2 Å². The van der Waals surface area contributed by atoms with Gasteiger partial charge in [-0.05, 0) is 26.7 Å². The molecule has 1 unspecified atom stereocenters. The number of benzene rings is 1. The van der Waals surface area contributed by atoms with E-state index in [-0.39, 0.29) is 11.9 Å². The van der Waals surface area contributed by atoms with Crippen molar-refractivity contribution in [3.63, 3.8) is 0 Å². The van der Waals surface area contributed by atoms with Gasteiger partial charge in [-0.25, -0.2) is 4.68 Å². The quantitative estimate of drug-likeness (QED) is 0.695. The second-order valence-electron chi connectivity index (χ2n) is 7.03. The zero-order chi connectivity index (χ0) is 18.8. The monoisotopic (exact) mass is 365 g/mol. The predicted octanol–water partition coefficient (Wildman–Crippen LogP) is 2.96. The lowest BCUT2D eigenvalue weighted by Gasteiger charge is -2.16. The van der Waals surface area contributed by atoms with Crippen LogP contribution in [0.15, 0.2) is 41.1 Å². The number of amides is 1. The molecule has 1 aromatic carbocycles. The Bertz CT molecular complexity index is 912. The third-order valence-electron chi connectivity index (χ3n) is 5.24. The van der Waals surface area contributed by atoms with Gasteiger partial charge in [0.15, 0.2) is 0 Å². The molecular weight excluding hydrogens is 342 g/mol. The average molecular weight is 365 g/mol. The molecule has 1 saturated heterocycles. The van der Waals surface area contributed by atoms with Crippen LogP contribution in [0.5, 0.6) is 0 Å². The van der Waals surface area contributed by atoms with Gasteiger partial charge in [0.1, 0.15) is 11.5 Å². The minimum absolute atomic E-state index is 0.167. The van der Waals surface area contributed by atoms with Crippen molar-refractivity contribution in [2.45, 2.75) is 39.2 Å². The maximum Gasteiger partial charge on any atom is 0.222 e. The van der Waals surface area contributed by atoms with Gasteiger partial charge >= 0.3 is 0 Å². The first-order valence-corrected chi connectivity index (χ1v) is 9.28. The van der Waals surface area contributed by atoms with Crippen LogP contribution in [0.1, 0.15) is 35.9 Å². The molecule has 140 valence electrons. The van der Waals surface area contributed by atoms with E-state index in [1.807, 2.05) is 60.0 Å². The van der Waals surface area contributed by atoms with Gasteiger partial charge in [0.2, 0.25) is 5.91 Å². The number of rotatable bonds is 5. The molecule has 2 aromatic heterocycles. The number of hydrogen-bond donors (Lipinski definition) is 0. The molecule has 1 aliphatic rings. The molecule has 1 aliphatic heterocycles. The molecule has 7 nitrogen and oxygen atoms in total. The molecular formula is C20H23N5O2. The maximum atomic E-state index is 12.6. The van der Waals surface area contributed by atoms with E-state index >= 15 is 0 Å². The summed E-state index contributed by atoms with van der Waals surface area (Å²) in [5.41, 5.74) is 3.83. The molecule has 0 saturated carbocycles. The van der Waals surface area contributed by atoms with E-state index < -0.39 is 0 Å². The summed E-state index contributed by atoms with van der Waals surface area (Å²) < 4.78 is 7.07. The summed E-state index contributed by atoms with van der Waals surface area (Å²) in [7, 11) is 0. The van der Waals surface area contributed by atoms with Crippen molar-refractivity contribution < 1.29 is 9.32 Å². The van der Waals surface area contributed by atoms with E-state index in [0.29, 0.717) is 19.4 Å². The minimum Gasteiger partial charge on any atom is -0.361 e. The maximum absolute atomic E-state index is 12.6. The zero-order valence-corrected chi connectivity index (χ0v) is 15.6. The van der Waals surface area contributed by atoms with Gasteiger partial charge in [-0.3, -0.25) is 4.79 Å². The molecule has 0 aliphatic carbocycles. The van der Waals surface area contributed by atoms with Crippen molar-refractivity contribution in [2.24, 2.45) is 0 Å². The highest BCUT2D eigenvalue weighted by molar-refractivity contribution is 5.76. The van der Waals surface area contributed by atoms with Gasteiger partial charge < -0.3 is 9.42 Å². The molecule has 0 bridgehead atoms. The van der Waals surface area contributed by atoms with Crippen molar-refractivity contribution in [1.29, 1.82) is 0 Å². The molecule has 7 heteroatoms. The van der Waals surface area contributed by atoms with Crippen molar-refractivity contribution in [2.75, 3.05) is 13.1 Å². The van der Waals surface area contributed by atoms with Crippen LogP contribution < -0.4 is 0 Å². The Morgan fingerprint density at radius 2 is 2.07 bits per heavy atom. The number of carbonyl (C=O) groups is 1. The van der Waals surface area contributed by atoms with Gasteiger partial charge in [0.25, 0.3) is 0 Å². The number of aromatic nitrogens is 4. The van der Waals surface area contributed by atoms with Gasteiger partial charge in [-0.2, -0.15) is 0 Å². The first-order chi connectivity index (χ1) is 13.1. The summed E-state index contributed by atoms with van der Waals surface area (Å²) >= 11 is 0. The average Bonchev–Trinajstić information content (AvgIpc) is 3.41. The molecule has 0 spiro atoms. The molecule has 1 atom stereocenters. The van der Waals surface area contributed by atoms with Crippen LogP contribution in [0.3, 0.4) is 0 Å². The van der Waals surface area contributed by atoms with Gasteiger partial charge in [0.05, 0.1) is 17.9 Å². The summed E-state index contributed by atoms with van der Waals surface area (Å²) in [6, 6.07) is 10.2. The lowest BCUT2D eigenvalue weighted by molar-refractivity contribution is -0.130. The van der Waals surface area contributed by atoms with Crippen molar-refractivity contribution in [1.82, 2.24) is 25.1 Å². The highest BCUT2D eigenvalue weighted by Crippen LogP contribution is 2.24. The van der Waals surface area contributed by atoms with Gasteiger partial charge in [0, 0.05) is 30.6 Å². The standard InChI is InChI=1S/C20H23N5O2/c1-14-18(15(2)27-22-14)8-9-20(26)24-11-10-17(12-24)25-13-19(21-23-25)16-6-4-3-5-7-16/h3-7,13,17H,8-12H2,1-2H3. The third-order valence-corrected chi connectivity index (χ3v) is 5.24. The first kappa shape index (κ1) is 17.5. The smallest absolute Gasteiger partial charge is 0.222 e. The Kier molecular flexibility index (Phi) is 4.75. The normalized spacial score (nSPS) is 16.8. The molecule has 0 N–H and O–H groups in total. The van der Waals surface area contributed by atoms with Crippen LogP contribution in [-0.4, -0.2) is 44.0 Å². The van der Waals surface area contributed by atoms with E-state index in [4.69, 9.17) is 4.52 Å². The fourth-order valence-electron chi connectivity index (χ4n) is 3.63. The minimum atomic E-state index is 0.167.